The monoisotopic (exact) mass is 364 g/mol. The smallest absolute Gasteiger partial charge is 0.274 e. The summed E-state index contributed by atoms with van der Waals surface area (Å²) in [5.41, 5.74) is 2.74. The number of aromatic nitrogens is 3. The summed E-state index contributed by atoms with van der Waals surface area (Å²) in [6, 6.07) is 0.203. The second-order valence-electron chi connectivity index (χ2n) is 7.05. The quantitative estimate of drug-likeness (QED) is 0.895. The fourth-order valence-corrected chi connectivity index (χ4v) is 3.64. The average Bonchev–Trinajstić information content (AvgIpc) is 3.06. The normalized spacial score (nSPS) is 20.7. The number of nitrogens with zero attached hydrogens (tertiary/aromatic N) is 3. The van der Waals surface area contributed by atoms with Gasteiger partial charge in [0.1, 0.15) is 5.76 Å². The molecule has 1 aliphatic rings. The van der Waals surface area contributed by atoms with E-state index in [2.05, 4.69) is 22.5 Å². The van der Waals surface area contributed by atoms with Crippen molar-refractivity contribution >= 4 is 17.5 Å². The first kappa shape index (κ1) is 18.0. The Balaban J connectivity index is 1.81. The number of carbonyl (C=O) groups excluding carboxylic acids is 1. The predicted octanol–water partition coefficient (Wildman–Crippen LogP) is 3.81. The first-order valence-electron chi connectivity index (χ1n) is 8.84. The molecule has 0 radical (unpaired) electrons. The van der Waals surface area contributed by atoms with E-state index in [0.29, 0.717) is 28.9 Å². The number of hydrogen-bond donors (Lipinski definition) is 1. The van der Waals surface area contributed by atoms with Crippen LogP contribution >= 0.6 is 11.6 Å². The van der Waals surface area contributed by atoms with Gasteiger partial charge in [0.05, 0.1) is 23.0 Å². The Kier molecular flexibility index (Phi) is 5.18. The van der Waals surface area contributed by atoms with Crippen molar-refractivity contribution < 1.29 is 9.32 Å². The first-order valence-corrected chi connectivity index (χ1v) is 9.21. The molecule has 0 aliphatic heterocycles. The summed E-state index contributed by atoms with van der Waals surface area (Å²) in [7, 11) is 0. The van der Waals surface area contributed by atoms with E-state index >= 15 is 0 Å². The van der Waals surface area contributed by atoms with Gasteiger partial charge in [-0.05, 0) is 39.5 Å². The summed E-state index contributed by atoms with van der Waals surface area (Å²) in [5, 5.41) is 12.2. The molecule has 1 N–H and O–H groups in total. The Morgan fingerprint density at radius 2 is 2.04 bits per heavy atom. The minimum atomic E-state index is -0.168. The van der Waals surface area contributed by atoms with Crippen LogP contribution in [0.15, 0.2) is 4.52 Å². The molecule has 1 saturated carbocycles. The Labute approximate surface area is 152 Å². The second-order valence-corrected chi connectivity index (χ2v) is 7.43. The largest absolute Gasteiger partial charge is 0.361 e. The van der Waals surface area contributed by atoms with Crippen LogP contribution in [0.4, 0.5) is 0 Å². The Morgan fingerprint density at radius 3 is 2.68 bits per heavy atom. The van der Waals surface area contributed by atoms with Gasteiger partial charge in [0.2, 0.25) is 0 Å². The lowest BCUT2D eigenvalue weighted by molar-refractivity contribution is 0.0900. The van der Waals surface area contributed by atoms with Gasteiger partial charge in [-0.2, -0.15) is 5.10 Å². The van der Waals surface area contributed by atoms with Crippen molar-refractivity contribution in [3.8, 4) is 0 Å². The summed E-state index contributed by atoms with van der Waals surface area (Å²) in [5.74, 6) is 0.952. The standard InChI is InChI=1S/C18H25ClN4O2/c1-10-7-5-6-8-15(10)20-18(24)17-14(13(4)25-22-17)9-23-12(3)16(19)11(2)21-23/h10,15H,5-9H2,1-4H3,(H,20,24). The molecule has 2 aromatic rings. The maximum Gasteiger partial charge on any atom is 0.274 e. The molecule has 3 rings (SSSR count). The lowest BCUT2D eigenvalue weighted by atomic mass is 9.86. The highest BCUT2D eigenvalue weighted by molar-refractivity contribution is 6.31. The van der Waals surface area contributed by atoms with Crippen LogP contribution in [0, 0.1) is 26.7 Å². The topological polar surface area (TPSA) is 73.0 Å². The molecule has 1 aliphatic carbocycles. The van der Waals surface area contributed by atoms with Crippen LogP contribution < -0.4 is 5.32 Å². The fraction of sp³-hybridized carbons (Fsp3) is 0.611. The van der Waals surface area contributed by atoms with Crippen LogP contribution in [0.5, 0.6) is 0 Å². The van der Waals surface area contributed by atoms with Crippen molar-refractivity contribution in [3.05, 3.63) is 33.4 Å². The molecule has 2 atom stereocenters. The number of amides is 1. The van der Waals surface area contributed by atoms with Crippen LogP contribution in [-0.4, -0.2) is 26.9 Å². The average molecular weight is 365 g/mol. The molecule has 25 heavy (non-hydrogen) atoms. The highest BCUT2D eigenvalue weighted by Crippen LogP contribution is 2.25. The highest BCUT2D eigenvalue weighted by atomic mass is 35.5. The van der Waals surface area contributed by atoms with Gasteiger partial charge in [0, 0.05) is 11.6 Å². The van der Waals surface area contributed by atoms with Gasteiger partial charge in [-0.25, -0.2) is 0 Å². The van der Waals surface area contributed by atoms with Crippen LogP contribution in [0.25, 0.3) is 0 Å². The lowest BCUT2D eigenvalue weighted by Gasteiger charge is -2.29. The van der Waals surface area contributed by atoms with E-state index in [1.165, 1.54) is 6.42 Å². The zero-order chi connectivity index (χ0) is 18.1. The Morgan fingerprint density at radius 1 is 1.32 bits per heavy atom. The third kappa shape index (κ3) is 3.59. The minimum absolute atomic E-state index is 0.168. The molecule has 2 heterocycles. The molecule has 0 saturated heterocycles. The lowest BCUT2D eigenvalue weighted by Crippen LogP contribution is -2.41. The SMILES string of the molecule is Cc1nn(Cc2c(C(=O)NC3CCCCC3C)noc2C)c(C)c1Cl. The molecule has 0 aromatic carbocycles. The minimum Gasteiger partial charge on any atom is -0.361 e. The van der Waals surface area contributed by atoms with E-state index in [1.54, 1.807) is 4.68 Å². The molecule has 6 nitrogen and oxygen atoms in total. The maximum atomic E-state index is 12.8. The van der Waals surface area contributed by atoms with Crippen LogP contribution in [0.3, 0.4) is 0 Å². The maximum absolute atomic E-state index is 12.8. The molecule has 2 aromatic heterocycles. The molecule has 0 spiro atoms. The van der Waals surface area contributed by atoms with E-state index in [4.69, 9.17) is 16.1 Å². The number of carbonyl (C=O) groups is 1. The zero-order valence-corrected chi connectivity index (χ0v) is 16.0. The Bertz CT molecular complexity index is 780. The first-order chi connectivity index (χ1) is 11.9. The van der Waals surface area contributed by atoms with Gasteiger partial charge in [0.25, 0.3) is 5.91 Å². The number of hydrogen-bond acceptors (Lipinski definition) is 4. The summed E-state index contributed by atoms with van der Waals surface area (Å²) < 4.78 is 7.09. The number of aryl methyl sites for hydroxylation is 2. The van der Waals surface area contributed by atoms with E-state index in [9.17, 15) is 4.79 Å². The van der Waals surface area contributed by atoms with Crippen molar-refractivity contribution in [2.75, 3.05) is 0 Å². The molecular formula is C18H25ClN4O2. The molecule has 136 valence electrons. The second kappa shape index (κ2) is 7.20. The highest BCUT2D eigenvalue weighted by Gasteiger charge is 2.27. The number of rotatable bonds is 4. The molecule has 1 amide bonds. The van der Waals surface area contributed by atoms with Crippen molar-refractivity contribution in [1.82, 2.24) is 20.3 Å². The molecular weight excluding hydrogens is 340 g/mol. The van der Waals surface area contributed by atoms with Crippen LogP contribution in [0.2, 0.25) is 5.02 Å². The van der Waals surface area contributed by atoms with Gasteiger partial charge >= 0.3 is 0 Å². The molecule has 1 fully saturated rings. The van der Waals surface area contributed by atoms with Crippen molar-refractivity contribution in [3.63, 3.8) is 0 Å². The van der Waals surface area contributed by atoms with Crippen LogP contribution in [0.1, 0.15) is 65.8 Å². The van der Waals surface area contributed by atoms with Crippen molar-refractivity contribution in [2.24, 2.45) is 5.92 Å². The summed E-state index contributed by atoms with van der Waals surface area (Å²) in [6.07, 6.45) is 4.57. The molecule has 0 bridgehead atoms. The van der Waals surface area contributed by atoms with E-state index in [-0.39, 0.29) is 11.9 Å². The third-order valence-electron chi connectivity index (χ3n) is 5.23. The number of nitrogens with one attached hydrogen (secondary N) is 1. The number of halogens is 1. The Hall–Kier alpha value is -1.82. The molecule has 2 unspecified atom stereocenters. The van der Waals surface area contributed by atoms with E-state index in [0.717, 1.165) is 36.2 Å². The summed E-state index contributed by atoms with van der Waals surface area (Å²) >= 11 is 6.22. The predicted molar refractivity (Wildman–Crippen MR) is 95.9 cm³/mol. The van der Waals surface area contributed by atoms with Gasteiger partial charge in [-0.1, -0.05) is 36.5 Å². The van der Waals surface area contributed by atoms with E-state index in [1.807, 2.05) is 20.8 Å². The van der Waals surface area contributed by atoms with Gasteiger partial charge in [-0.3, -0.25) is 9.48 Å². The van der Waals surface area contributed by atoms with Gasteiger partial charge in [-0.15, -0.1) is 0 Å². The van der Waals surface area contributed by atoms with E-state index < -0.39 is 0 Å². The zero-order valence-electron chi connectivity index (χ0n) is 15.2. The summed E-state index contributed by atoms with van der Waals surface area (Å²) in [4.78, 5) is 12.8. The molecule has 7 heteroatoms. The van der Waals surface area contributed by atoms with Crippen LogP contribution in [-0.2, 0) is 6.54 Å². The third-order valence-corrected chi connectivity index (χ3v) is 5.78. The fourth-order valence-electron chi connectivity index (χ4n) is 3.50. The van der Waals surface area contributed by atoms with Crippen molar-refractivity contribution in [1.29, 1.82) is 0 Å². The summed E-state index contributed by atoms with van der Waals surface area (Å²) in [6.45, 7) is 8.20. The van der Waals surface area contributed by atoms with Gasteiger partial charge < -0.3 is 9.84 Å². The van der Waals surface area contributed by atoms with Crippen molar-refractivity contribution in [2.45, 2.75) is 66.0 Å². The van der Waals surface area contributed by atoms with Gasteiger partial charge in [0.15, 0.2) is 5.69 Å².